The number of hydrogen-bond acceptors (Lipinski definition) is 3. The van der Waals surface area contributed by atoms with Gasteiger partial charge in [-0.05, 0) is 49.4 Å². The smallest absolute Gasteiger partial charge is 0.119 e. The van der Waals surface area contributed by atoms with Crippen molar-refractivity contribution < 1.29 is 9.84 Å². The van der Waals surface area contributed by atoms with Gasteiger partial charge in [0.15, 0.2) is 0 Å². The fourth-order valence-electron chi connectivity index (χ4n) is 3.35. The Hall–Kier alpha value is -1.22. The molecular weight excluding hydrogens is 214 g/mol. The molecule has 1 aliphatic heterocycles. The van der Waals surface area contributed by atoms with E-state index in [4.69, 9.17) is 4.74 Å². The first-order chi connectivity index (χ1) is 8.29. The van der Waals surface area contributed by atoms with Crippen molar-refractivity contribution in [2.24, 2.45) is 5.92 Å². The molecule has 0 amide bonds. The standard InChI is InChI=1S/C14H19NO2/c1-17-12-5-3-11(4-6-12)15-9-8-10-2-7-13(16)14(10)15/h3-6,10,13-14,16H,2,7-9H2,1H3/t10-,13-,14-/m1/s1. The number of nitrogens with zero attached hydrogens (tertiary/aromatic N) is 1. The van der Waals surface area contributed by atoms with Crippen LogP contribution in [-0.4, -0.2) is 30.9 Å². The van der Waals surface area contributed by atoms with Crippen LogP contribution in [0.15, 0.2) is 24.3 Å². The van der Waals surface area contributed by atoms with Gasteiger partial charge in [0.25, 0.3) is 0 Å². The third-order valence-corrected chi connectivity index (χ3v) is 4.22. The topological polar surface area (TPSA) is 32.7 Å². The molecule has 0 aromatic heterocycles. The lowest BCUT2D eigenvalue weighted by Gasteiger charge is -2.28. The summed E-state index contributed by atoms with van der Waals surface area (Å²) >= 11 is 0. The van der Waals surface area contributed by atoms with E-state index in [-0.39, 0.29) is 6.10 Å². The molecule has 92 valence electrons. The average Bonchev–Trinajstić information content (AvgIpc) is 2.93. The fraction of sp³-hybridized carbons (Fsp3) is 0.571. The van der Waals surface area contributed by atoms with E-state index in [9.17, 15) is 5.11 Å². The number of benzene rings is 1. The summed E-state index contributed by atoms with van der Waals surface area (Å²) in [7, 11) is 1.68. The predicted molar refractivity (Wildman–Crippen MR) is 67.5 cm³/mol. The SMILES string of the molecule is COc1ccc(N2CC[C@H]3CC[C@@H](O)[C@@H]32)cc1. The number of aliphatic hydroxyl groups is 1. The molecule has 1 aromatic rings. The fourth-order valence-corrected chi connectivity index (χ4v) is 3.35. The van der Waals surface area contributed by atoms with Crippen LogP contribution in [0.5, 0.6) is 5.75 Å². The van der Waals surface area contributed by atoms with Gasteiger partial charge in [-0.3, -0.25) is 0 Å². The molecule has 0 bridgehead atoms. The molecule has 1 heterocycles. The summed E-state index contributed by atoms with van der Waals surface area (Å²) in [6, 6.07) is 8.50. The Morgan fingerprint density at radius 3 is 2.65 bits per heavy atom. The van der Waals surface area contributed by atoms with Gasteiger partial charge in [-0.25, -0.2) is 0 Å². The lowest BCUT2D eigenvalue weighted by Crippen LogP contribution is -2.38. The zero-order valence-electron chi connectivity index (χ0n) is 10.2. The molecule has 0 unspecified atom stereocenters. The van der Waals surface area contributed by atoms with Crippen LogP contribution in [0.2, 0.25) is 0 Å². The molecule has 17 heavy (non-hydrogen) atoms. The highest BCUT2D eigenvalue weighted by Gasteiger charge is 2.43. The molecule has 1 saturated carbocycles. The van der Waals surface area contributed by atoms with Gasteiger partial charge < -0.3 is 14.7 Å². The van der Waals surface area contributed by atoms with Crippen LogP contribution < -0.4 is 9.64 Å². The minimum atomic E-state index is -0.149. The van der Waals surface area contributed by atoms with Crippen LogP contribution in [0.25, 0.3) is 0 Å². The first-order valence-electron chi connectivity index (χ1n) is 6.38. The van der Waals surface area contributed by atoms with Crippen molar-refractivity contribution in [3.8, 4) is 5.75 Å². The summed E-state index contributed by atoms with van der Waals surface area (Å²) in [6.07, 6.45) is 3.21. The highest BCUT2D eigenvalue weighted by atomic mass is 16.5. The van der Waals surface area contributed by atoms with Gasteiger partial charge in [0, 0.05) is 12.2 Å². The maximum atomic E-state index is 10.1. The van der Waals surface area contributed by atoms with Gasteiger partial charge in [-0.15, -0.1) is 0 Å². The number of rotatable bonds is 2. The van der Waals surface area contributed by atoms with Crippen molar-refractivity contribution >= 4 is 5.69 Å². The molecule has 3 heteroatoms. The van der Waals surface area contributed by atoms with Crippen LogP contribution in [0, 0.1) is 5.92 Å². The van der Waals surface area contributed by atoms with Crippen LogP contribution >= 0.6 is 0 Å². The van der Waals surface area contributed by atoms with Gasteiger partial charge in [-0.2, -0.15) is 0 Å². The Balaban J connectivity index is 1.83. The van der Waals surface area contributed by atoms with Gasteiger partial charge in [-0.1, -0.05) is 0 Å². The number of fused-ring (bicyclic) bond motifs is 1. The molecule has 0 spiro atoms. The van der Waals surface area contributed by atoms with Gasteiger partial charge in [0.1, 0.15) is 5.75 Å². The third kappa shape index (κ3) is 1.78. The van der Waals surface area contributed by atoms with Crippen LogP contribution in [0.1, 0.15) is 19.3 Å². The van der Waals surface area contributed by atoms with E-state index in [1.807, 2.05) is 12.1 Å². The van der Waals surface area contributed by atoms with Crippen molar-refractivity contribution in [1.82, 2.24) is 0 Å². The van der Waals surface area contributed by atoms with Crippen molar-refractivity contribution in [2.75, 3.05) is 18.6 Å². The van der Waals surface area contributed by atoms with E-state index in [0.717, 1.165) is 18.7 Å². The number of methoxy groups -OCH3 is 1. The Kier molecular flexibility index (Phi) is 2.71. The molecule has 2 fully saturated rings. The molecule has 1 aliphatic carbocycles. The first kappa shape index (κ1) is 10.9. The van der Waals surface area contributed by atoms with E-state index >= 15 is 0 Å². The van der Waals surface area contributed by atoms with Crippen molar-refractivity contribution in [3.05, 3.63) is 24.3 Å². The highest BCUT2D eigenvalue weighted by Crippen LogP contribution is 2.40. The molecule has 3 rings (SSSR count). The Labute approximate surface area is 102 Å². The molecule has 1 N–H and O–H groups in total. The second-order valence-corrected chi connectivity index (χ2v) is 5.08. The monoisotopic (exact) mass is 233 g/mol. The summed E-state index contributed by atoms with van der Waals surface area (Å²) in [5.74, 6) is 1.57. The molecule has 3 nitrogen and oxygen atoms in total. The maximum Gasteiger partial charge on any atom is 0.119 e. The third-order valence-electron chi connectivity index (χ3n) is 4.22. The molecular formula is C14H19NO2. The zero-order chi connectivity index (χ0) is 11.8. The summed E-state index contributed by atoms with van der Waals surface area (Å²) in [5.41, 5.74) is 1.21. The Morgan fingerprint density at radius 1 is 1.18 bits per heavy atom. The second-order valence-electron chi connectivity index (χ2n) is 5.08. The molecule has 1 saturated heterocycles. The highest BCUT2D eigenvalue weighted by molar-refractivity contribution is 5.51. The van der Waals surface area contributed by atoms with Crippen LogP contribution in [-0.2, 0) is 0 Å². The largest absolute Gasteiger partial charge is 0.497 e. The van der Waals surface area contributed by atoms with Gasteiger partial charge >= 0.3 is 0 Å². The summed E-state index contributed by atoms with van der Waals surface area (Å²) in [5, 5.41) is 10.1. The lowest BCUT2D eigenvalue weighted by atomic mass is 10.0. The normalized spacial score (nSPS) is 31.6. The molecule has 0 radical (unpaired) electrons. The average molecular weight is 233 g/mol. The quantitative estimate of drug-likeness (QED) is 0.848. The van der Waals surface area contributed by atoms with Crippen LogP contribution in [0.4, 0.5) is 5.69 Å². The zero-order valence-corrected chi connectivity index (χ0v) is 10.2. The second kappa shape index (κ2) is 4.22. The van der Waals surface area contributed by atoms with Crippen molar-refractivity contribution in [2.45, 2.75) is 31.4 Å². The van der Waals surface area contributed by atoms with E-state index in [1.165, 1.54) is 18.5 Å². The summed E-state index contributed by atoms with van der Waals surface area (Å²) < 4.78 is 5.17. The lowest BCUT2D eigenvalue weighted by molar-refractivity contribution is 0.160. The van der Waals surface area contributed by atoms with Crippen molar-refractivity contribution in [1.29, 1.82) is 0 Å². The molecule has 2 aliphatic rings. The van der Waals surface area contributed by atoms with E-state index in [1.54, 1.807) is 7.11 Å². The minimum absolute atomic E-state index is 0.149. The number of aliphatic hydroxyl groups excluding tert-OH is 1. The summed E-state index contributed by atoms with van der Waals surface area (Å²) in [6.45, 7) is 1.07. The molecule has 1 aromatic carbocycles. The first-order valence-corrected chi connectivity index (χ1v) is 6.38. The van der Waals surface area contributed by atoms with Crippen LogP contribution in [0.3, 0.4) is 0 Å². The Bertz CT molecular complexity index is 390. The predicted octanol–water partition coefficient (Wildman–Crippen LogP) is 2.04. The number of ether oxygens (including phenoxy) is 1. The number of hydrogen-bond donors (Lipinski definition) is 1. The number of anilines is 1. The van der Waals surface area contributed by atoms with Crippen molar-refractivity contribution in [3.63, 3.8) is 0 Å². The van der Waals surface area contributed by atoms with E-state index < -0.39 is 0 Å². The molecule has 3 atom stereocenters. The minimum Gasteiger partial charge on any atom is -0.497 e. The van der Waals surface area contributed by atoms with Gasteiger partial charge in [0.2, 0.25) is 0 Å². The summed E-state index contributed by atoms with van der Waals surface area (Å²) in [4.78, 5) is 2.36. The Morgan fingerprint density at radius 2 is 1.94 bits per heavy atom. The maximum absolute atomic E-state index is 10.1. The van der Waals surface area contributed by atoms with E-state index in [0.29, 0.717) is 12.0 Å². The van der Waals surface area contributed by atoms with Gasteiger partial charge in [0.05, 0.1) is 19.3 Å². The van der Waals surface area contributed by atoms with E-state index in [2.05, 4.69) is 17.0 Å².